The number of nitrogens with zero attached hydrogens (tertiary/aromatic N) is 2. The van der Waals surface area contributed by atoms with Crippen LogP contribution in [0.3, 0.4) is 0 Å². The molecule has 1 aliphatic rings. The molecule has 0 aromatic rings. The quantitative estimate of drug-likeness (QED) is 0.799. The summed E-state index contributed by atoms with van der Waals surface area (Å²) in [6.07, 6.45) is 0.683. The minimum absolute atomic E-state index is 0.0120. The Balaban J connectivity index is 2.65. The SMILES string of the molecule is CC1CCN(S(=O)(=O)N(C)CCC(=O)O)CC1C. The molecule has 6 nitrogen and oxygen atoms in total. The zero-order chi connectivity index (χ0) is 13.9. The molecule has 0 spiro atoms. The number of piperidine rings is 1. The molecule has 0 saturated carbocycles. The van der Waals surface area contributed by atoms with Crippen LogP contribution in [0.5, 0.6) is 0 Å². The van der Waals surface area contributed by atoms with Gasteiger partial charge < -0.3 is 5.11 Å². The van der Waals surface area contributed by atoms with E-state index in [0.29, 0.717) is 24.9 Å². The maximum Gasteiger partial charge on any atom is 0.304 e. The van der Waals surface area contributed by atoms with Gasteiger partial charge in [0.05, 0.1) is 6.42 Å². The molecule has 0 radical (unpaired) electrons. The molecule has 0 aromatic carbocycles. The number of aliphatic carboxylic acids is 1. The fraction of sp³-hybridized carbons (Fsp3) is 0.909. The van der Waals surface area contributed by atoms with Gasteiger partial charge in [0, 0.05) is 26.7 Å². The molecule has 18 heavy (non-hydrogen) atoms. The fourth-order valence-corrected chi connectivity index (χ4v) is 3.48. The summed E-state index contributed by atoms with van der Waals surface area (Å²) in [5.74, 6) is -0.125. The molecule has 1 aliphatic heterocycles. The molecule has 0 bridgehead atoms. The highest BCUT2D eigenvalue weighted by Gasteiger charge is 2.33. The summed E-state index contributed by atoms with van der Waals surface area (Å²) >= 11 is 0. The van der Waals surface area contributed by atoms with Gasteiger partial charge in [-0.05, 0) is 18.3 Å². The molecule has 1 N–H and O–H groups in total. The van der Waals surface area contributed by atoms with Crippen LogP contribution in [-0.4, -0.2) is 54.8 Å². The van der Waals surface area contributed by atoms with Crippen molar-refractivity contribution in [2.45, 2.75) is 26.7 Å². The number of hydrogen-bond donors (Lipinski definition) is 1. The zero-order valence-corrected chi connectivity index (χ0v) is 12.0. The maximum absolute atomic E-state index is 12.2. The predicted molar refractivity (Wildman–Crippen MR) is 68.3 cm³/mol. The molecule has 1 saturated heterocycles. The Morgan fingerprint density at radius 3 is 2.50 bits per heavy atom. The van der Waals surface area contributed by atoms with Crippen LogP contribution in [0.2, 0.25) is 0 Å². The number of rotatable bonds is 5. The van der Waals surface area contributed by atoms with E-state index in [9.17, 15) is 13.2 Å². The summed E-state index contributed by atoms with van der Waals surface area (Å²) in [6.45, 7) is 5.22. The van der Waals surface area contributed by atoms with Crippen LogP contribution in [0.15, 0.2) is 0 Å². The lowest BCUT2D eigenvalue weighted by atomic mass is 9.90. The first-order valence-corrected chi connectivity index (χ1v) is 7.58. The third kappa shape index (κ3) is 3.66. The first-order chi connectivity index (χ1) is 8.25. The molecule has 7 heteroatoms. The minimum Gasteiger partial charge on any atom is -0.481 e. The molecule has 0 aliphatic carbocycles. The van der Waals surface area contributed by atoms with Gasteiger partial charge in [0.15, 0.2) is 0 Å². The van der Waals surface area contributed by atoms with E-state index in [1.165, 1.54) is 11.4 Å². The van der Waals surface area contributed by atoms with E-state index in [-0.39, 0.29) is 13.0 Å². The van der Waals surface area contributed by atoms with E-state index in [2.05, 4.69) is 6.92 Å². The first-order valence-electron chi connectivity index (χ1n) is 6.18. The summed E-state index contributed by atoms with van der Waals surface area (Å²) in [5.41, 5.74) is 0. The lowest BCUT2D eigenvalue weighted by molar-refractivity contribution is -0.137. The Morgan fingerprint density at radius 1 is 1.39 bits per heavy atom. The van der Waals surface area contributed by atoms with E-state index in [0.717, 1.165) is 10.7 Å². The third-order valence-electron chi connectivity index (χ3n) is 3.66. The average molecular weight is 278 g/mol. The highest BCUT2D eigenvalue weighted by molar-refractivity contribution is 7.86. The van der Waals surface area contributed by atoms with Gasteiger partial charge in [-0.2, -0.15) is 17.0 Å². The van der Waals surface area contributed by atoms with Crippen LogP contribution >= 0.6 is 0 Å². The molecule has 2 atom stereocenters. The molecule has 1 rings (SSSR count). The highest BCUT2D eigenvalue weighted by atomic mass is 32.2. The van der Waals surface area contributed by atoms with Crippen molar-refractivity contribution in [3.05, 3.63) is 0 Å². The Morgan fingerprint density at radius 2 is 2.00 bits per heavy atom. The molecular weight excluding hydrogens is 256 g/mol. The van der Waals surface area contributed by atoms with E-state index >= 15 is 0 Å². The van der Waals surface area contributed by atoms with Gasteiger partial charge in [0.25, 0.3) is 10.2 Å². The van der Waals surface area contributed by atoms with Crippen LogP contribution in [0, 0.1) is 11.8 Å². The second kappa shape index (κ2) is 5.99. The molecule has 0 aromatic heterocycles. The molecule has 106 valence electrons. The monoisotopic (exact) mass is 278 g/mol. The smallest absolute Gasteiger partial charge is 0.304 e. The van der Waals surface area contributed by atoms with E-state index in [1.54, 1.807) is 0 Å². The van der Waals surface area contributed by atoms with E-state index in [4.69, 9.17) is 5.11 Å². The van der Waals surface area contributed by atoms with Gasteiger partial charge in [0.1, 0.15) is 0 Å². The second-order valence-electron chi connectivity index (χ2n) is 5.07. The number of carbonyl (C=O) groups is 1. The van der Waals surface area contributed by atoms with Crippen LogP contribution < -0.4 is 0 Å². The number of hydrogen-bond acceptors (Lipinski definition) is 3. The summed E-state index contributed by atoms with van der Waals surface area (Å²) < 4.78 is 27.0. The number of carboxylic acid groups (broad SMARTS) is 1. The first kappa shape index (κ1) is 15.4. The van der Waals surface area contributed by atoms with Gasteiger partial charge in [-0.25, -0.2) is 0 Å². The van der Waals surface area contributed by atoms with Gasteiger partial charge in [-0.3, -0.25) is 4.79 Å². The number of carboxylic acids is 1. The van der Waals surface area contributed by atoms with Crippen LogP contribution in [-0.2, 0) is 15.0 Å². The third-order valence-corrected chi connectivity index (χ3v) is 5.61. The molecule has 0 amide bonds. The van der Waals surface area contributed by atoms with Crippen LogP contribution in [0.4, 0.5) is 0 Å². The topological polar surface area (TPSA) is 77.9 Å². The Bertz CT molecular complexity index is 396. The maximum atomic E-state index is 12.2. The van der Waals surface area contributed by atoms with Crippen molar-refractivity contribution in [1.82, 2.24) is 8.61 Å². The Hall–Kier alpha value is -0.660. The van der Waals surface area contributed by atoms with E-state index in [1.807, 2.05) is 6.92 Å². The highest BCUT2D eigenvalue weighted by Crippen LogP contribution is 2.25. The lowest BCUT2D eigenvalue weighted by Crippen LogP contribution is -2.48. The largest absolute Gasteiger partial charge is 0.481 e. The van der Waals surface area contributed by atoms with Gasteiger partial charge in [0.2, 0.25) is 0 Å². The van der Waals surface area contributed by atoms with E-state index < -0.39 is 16.2 Å². The summed E-state index contributed by atoms with van der Waals surface area (Å²) in [4.78, 5) is 10.5. The standard InChI is InChI=1S/C11H22N2O4S/c1-9-4-7-13(8-10(9)2)18(16,17)12(3)6-5-11(14)15/h9-10H,4-8H2,1-3H3,(H,14,15). The minimum atomic E-state index is -3.51. The summed E-state index contributed by atoms with van der Waals surface area (Å²) in [6, 6.07) is 0. The predicted octanol–water partition coefficient (Wildman–Crippen LogP) is 0.616. The fourth-order valence-electron chi connectivity index (χ4n) is 2.00. The normalized spacial score (nSPS) is 26.4. The van der Waals surface area contributed by atoms with Crippen molar-refractivity contribution in [1.29, 1.82) is 0 Å². The Kier molecular flexibility index (Phi) is 5.12. The summed E-state index contributed by atoms with van der Waals surface area (Å²) in [5, 5.41) is 8.58. The van der Waals surface area contributed by atoms with Gasteiger partial charge in [-0.1, -0.05) is 13.8 Å². The van der Waals surface area contributed by atoms with Gasteiger partial charge >= 0.3 is 5.97 Å². The van der Waals surface area contributed by atoms with Crippen LogP contribution in [0.25, 0.3) is 0 Å². The van der Waals surface area contributed by atoms with Crippen LogP contribution in [0.1, 0.15) is 26.7 Å². The second-order valence-corrected chi connectivity index (χ2v) is 7.11. The molecule has 1 fully saturated rings. The molecule has 1 heterocycles. The molecule has 2 unspecified atom stereocenters. The van der Waals surface area contributed by atoms with Crippen molar-refractivity contribution in [2.75, 3.05) is 26.7 Å². The summed E-state index contributed by atoms with van der Waals surface area (Å²) in [7, 11) is -2.08. The van der Waals surface area contributed by atoms with Crippen molar-refractivity contribution >= 4 is 16.2 Å². The van der Waals surface area contributed by atoms with Crippen molar-refractivity contribution in [3.8, 4) is 0 Å². The van der Waals surface area contributed by atoms with Crippen molar-refractivity contribution in [2.24, 2.45) is 11.8 Å². The van der Waals surface area contributed by atoms with Crippen molar-refractivity contribution in [3.63, 3.8) is 0 Å². The average Bonchev–Trinajstić information content (AvgIpc) is 2.29. The lowest BCUT2D eigenvalue weighted by Gasteiger charge is -2.36. The molecular formula is C11H22N2O4S. The van der Waals surface area contributed by atoms with Gasteiger partial charge in [-0.15, -0.1) is 0 Å². The Labute approximate surface area is 109 Å². The zero-order valence-electron chi connectivity index (χ0n) is 11.2. The van der Waals surface area contributed by atoms with Crippen molar-refractivity contribution < 1.29 is 18.3 Å².